The Morgan fingerprint density at radius 3 is 2.57 bits per heavy atom. The van der Waals surface area contributed by atoms with Gasteiger partial charge in [-0.3, -0.25) is 19.4 Å². The molecule has 2 amide bonds. The summed E-state index contributed by atoms with van der Waals surface area (Å²) in [5.74, 6) is 0.783. The number of likely N-dealkylation sites (tertiary alicyclic amines) is 1. The van der Waals surface area contributed by atoms with Crippen molar-refractivity contribution in [3.63, 3.8) is 0 Å². The summed E-state index contributed by atoms with van der Waals surface area (Å²) < 4.78 is 0. The van der Waals surface area contributed by atoms with Gasteiger partial charge in [0.25, 0.3) is 0 Å². The van der Waals surface area contributed by atoms with Crippen molar-refractivity contribution in [2.24, 2.45) is 39.9 Å². The zero-order valence-corrected chi connectivity index (χ0v) is 21.2. The first-order chi connectivity index (χ1) is 16.9. The Balaban J connectivity index is 1.47. The molecule has 1 aliphatic heterocycles. The predicted octanol–water partition coefficient (Wildman–Crippen LogP) is 1.26. The summed E-state index contributed by atoms with van der Waals surface area (Å²) in [6.07, 6.45) is 9.98. The van der Waals surface area contributed by atoms with Gasteiger partial charge in [0.1, 0.15) is 0 Å². The molecule has 2 heterocycles. The van der Waals surface area contributed by atoms with Crippen LogP contribution in [0.15, 0.2) is 16.6 Å². The SMILES string of the molecule is NCC1CCC(CCC2CCN(CC(=O)N[C@@H](CCCN=C(N)N)C(=O)c3nccs3)C2=O)CC1. The van der Waals surface area contributed by atoms with Gasteiger partial charge in [0.15, 0.2) is 11.0 Å². The molecule has 2 atom stereocenters. The van der Waals surface area contributed by atoms with Gasteiger partial charge < -0.3 is 27.4 Å². The fourth-order valence-electron chi connectivity index (χ4n) is 5.10. The minimum atomic E-state index is -0.736. The third kappa shape index (κ3) is 8.28. The fourth-order valence-corrected chi connectivity index (χ4v) is 5.73. The van der Waals surface area contributed by atoms with Gasteiger partial charge in [-0.05, 0) is 63.3 Å². The lowest BCUT2D eigenvalue weighted by Gasteiger charge is -2.28. The topological polar surface area (TPSA) is 170 Å². The van der Waals surface area contributed by atoms with Gasteiger partial charge in [-0.1, -0.05) is 12.8 Å². The van der Waals surface area contributed by atoms with Crippen LogP contribution in [0.2, 0.25) is 0 Å². The number of ketones is 1. The van der Waals surface area contributed by atoms with Crippen LogP contribution in [0.1, 0.15) is 67.6 Å². The Kier molecular flexibility index (Phi) is 10.5. The molecule has 1 aromatic heterocycles. The quantitative estimate of drug-likeness (QED) is 0.135. The lowest BCUT2D eigenvalue weighted by Crippen LogP contribution is -2.46. The molecule has 1 saturated heterocycles. The smallest absolute Gasteiger partial charge is 0.240 e. The maximum absolute atomic E-state index is 12.9. The van der Waals surface area contributed by atoms with E-state index < -0.39 is 6.04 Å². The molecule has 1 aromatic rings. The average molecular weight is 506 g/mol. The Bertz CT molecular complexity index is 864. The van der Waals surface area contributed by atoms with Gasteiger partial charge in [0, 0.05) is 30.6 Å². The first kappa shape index (κ1) is 27.1. The number of aliphatic imine (C=N–C) groups is 1. The molecule has 194 valence electrons. The number of nitrogens with one attached hydrogen (secondary N) is 1. The highest BCUT2D eigenvalue weighted by Gasteiger charge is 2.34. The largest absolute Gasteiger partial charge is 0.370 e. The number of guanidine groups is 1. The van der Waals surface area contributed by atoms with Crippen LogP contribution in [-0.2, 0) is 9.59 Å². The number of hydrogen-bond acceptors (Lipinski definition) is 7. The number of thiazole rings is 1. The molecule has 2 fully saturated rings. The molecule has 11 heteroatoms. The molecule has 10 nitrogen and oxygen atoms in total. The second kappa shape index (κ2) is 13.5. The molecule has 1 unspecified atom stereocenters. The molecule has 3 rings (SSSR count). The van der Waals surface area contributed by atoms with Gasteiger partial charge >= 0.3 is 0 Å². The standard InChI is InChI=1S/C24H39N7O3S/c25-14-17-5-3-16(4-6-17)7-8-18-9-12-31(23(18)34)15-20(32)30-19(2-1-10-29-24(26)27)21(33)22-28-11-13-35-22/h11,13,16-19H,1-10,12,14-15,25H2,(H,30,32)(H4,26,27,29)/t16?,17?,18?,19-/m0/s1. The molecule has 0 aromatic carbocycles. The second-order valence-electron chi connectivity index (χ2n) is 9.72. The minimum absolute atomic E-state index is 0.0117. The number of aromatic nitrogens is 1. The van der Waals surface area contributed by atoms with Crippen molar-refractivity contribution < 1.29 is 14.4 Å². The van der Waals surface area contributed by atoms with Gasteiger partial charge in [-0.2, -0.15) is 0 Å². The molecule has 0 spiro atoms. The summed E-state index contributed by atoms with van der Waals surface area (Å²) in [5.41, 5.74) is 16.5. The first-order valence-corrected chi connectivity index (χ1v) is 13.5. The Labute approximate surface area is 211 Å². The fraction of sp³-hybridized carbons (Fsp3) is 0.708. The van der Waals surface area contributed by atoms with E-state index in [2.05, 4.69) is 15.3 Å². The van der Waals surface area contributed by atoms with Crippen LogP contribution in [-0.4, -0.2) is 65.7 Å². The van der Waals surface area contributed by atoms with Crippen LogP contribution in [0.4, 0.5) is 0 Å². The van der Waals surface area contributed by atoms with Crippen LogP contribution >= 0.6 is 11.3 Å². The van der Waals surface area contributed by atoms with Gasteiger partial charge in [0.05, 0.1) is 12.6 Å². The summed E-state index contributed by atoms with van der Waals surface area (Å²) in [6.45, 7) is 1.68. The van der Waals surface area contributed by atoms with Crippen molar-refractivity contribution in [1.82, 2.24) is 15.2 Å². The van der Waals surface area contributed by atoms with Crippen molar-refractivity contribution in [1.29, 1.82) is 0 Å². The maximum atomic E-state index is 12.9. The zero-order valence-electron chi connectivity index (χ0n) is 20.4. The molecule has 1 saturated carbocycles. The van der Waals surface area contributed by atoms with Crippen LogP contribution in [0.3, 0.4) is 0 Å². The zero-order chi connectivity index (χ0) is 25.2. The van der Waals surface area contributed by atoms with Crippen molar-refractivity contribution in [2.75, 3.05) is 26.2 Å². The van der Waals surface area contributed by atoms with Crippen LogP contribution in [0, 0.1) is 17.8 Å². The lowest BCUT2D eigenvalue weighted by molar-refractivity contribution is -0.135. The van der Waals surface area contributed by atoms with E-state index in [4.69, 9.17) is 17.2 Å². The van der Waals surface area contributed by atoms with Gasteiger partial charge in [-0.25, -0.2) is 4.98 Å². The molecule has 1 aliphatic carbocycles. The van der Waals surface area contributed by atoms with E-state index in [1.807, 2.05) is 0 Å². The summed E-state index contributed by atoms with van der Waals surface area (Å²) >= 11 is 1.23. The summed E-state index contributed by atoms with van der Waals surface area (Å²) in [7, 11) is 0. The Hall–Kier alpha value is -2.53. The van der Waals surface area contributed by atoms with Crippen molar-refractivity contribution in [3.05, 3.63) is 16.6 Å². The summed E-state index contributed by atoms with van der Waals surface area (Å²) in [5, 5.41) is 4.88. The number of nitrogens with two attached hydrogens (primary N) is 3. The van der Waals surface area contributed by atoms with Crippen LogP contribution in [0.25, 0.3) is 0 Å². The number of nitrogens with zero attached hydrogens (tertiary/aromatic N) is 3. The second-order valence-corrected chi connectivity index (χ2v) is 10.6. The Morgan fingerprint density at radius 2 is 1.91 bits per heavy atom. The highest BCUT2D eigenvalue weighted by Crippen LogP contribution is 2.33. The normalized spacial score (nSPS) is 23.2. The molecule has 0 radical (unpaired) electrons. The minimum Gasteiger partial charge on any atom is -0.370 e. The molecule has 35 heavy (non-hydrogen) atoms. The van der Waals surface area contributed by atoms with E-state index in [0.717, 1.165) is 25.8 Å². The molecular formula is C24H39N7O3S. The monoisotopic (exact) mass is 505 g/mol. The van der Waals surface area contributed by atoms with E-state index in [0.29, 0.717) is 42.8 Å². The lowest BCUT2D eigenvalue weighted by atomic mass is 9.79. The number of rotatable bonds is 13. The average Bonchev–Trinajstić information content (AvgIpc) is 3.50. The molecule has 0 bridgehead atoms. The first-order valence-electron chi connectivity index (χ1n) is 12.6. The number of Topliss-reactive ketones (excluding diaryl/α,β-unsaturated/α-hetero) is 1. The highest BCUT2D eigenvalue weighted by molar-refractivity contribution is 7.11. The molecular weight excluding hydrogens is 466 g/mol. The third-order valence-corrected chi connectivity index (χ3v) is 7.99. The number of amides is 2. The molecule has 2 aliphatic rings. The number of carbonyl (C=O) groups excluding carboxylic acids is 3. The number of carbonyl (C=O) groups is 3. The van der Waals surface area contributed by atoms with Gasteiger partial charge in [0.2, 0.25) is 17.6 Å². The van der Waals surface area contributed by atoms with E-state index in [-0.39, 0.29) is 36.0 Å². The maximum Gasteiger partial charge on any atom is 0.240 e. The van der Waals surface area contributed by atoms with Crippen molar-refractivity contribution in [3.8, 4) is 0 Å². The van der Waals surface area contributed by atoms with E-state index in [1.165, 1.54) is 37.0 Å². The highest BCUT2D eigenvalue weighted by atomic mass is 32.1. The summed E-state index contributed by atoms with van der Waals surface area (Å²) in [4.78, 5) is 48.2. The van der Waals surface area contributed by atoms with Crippen LogP contribution in [0.5, 0.6) is 0 Å². The van der Waals surface area contributed by atoms with Gasteiger partial charge in [-0.15, -0.1) is 11.3 Å². The molecule has 7 N–H and O–H groups in total. The Morgan fingerprint density at radius 1 is 1.17 bits per heavy atom. The van der Waals surface area contributed by atoms with Crippen LogP contribution < -0.4 is 22.5 Å². The number of hydrogen-bond donors (Lipinski definition) is 4. The van der Waals surface area contributed by atoms with E-state index >= 15 is 0 Å². The summed E-state index contributed by atoms with van der Waals surface area (Å²) in [6, 6.07) is -0.736. The van der Waals surface area contributed by atoms with Crippen molar-refractivity contribution in [2.45, 2.75) is 63.8 Å². The third-order valence-electron chi connectivity index (χ3n) is 7.21. The van der Waals surface area contributed by atoms with E-state index in [9.17, 15) is 14.4 Å². The predicted molar refractivity (Wildman–Crippen MR) is 137 cm³/mol. The van der Waals surface area contributed by atoms with E-state index in [1.54, 1.807) is 16.5 Å². The van der Waals surface area contributed by atoms with Crippen molar-refractivity contribution >= 4 is 34.9 Å².